The number of piperazine rings is 1. The van der Waals surface area contributed by atoms with Crippen LogP contribution in [0.5, 0.6) is 0 Å². The van der Waals surface area contributed by atoms with Gasteiger partial charge in [0.15, 0.2) is 0 Å². The summed E-state index contributed by atoms with van der Waals surface area (Å²) in [6.07, 6.45) is 5.26. The summed E-state index contributed by atoms with van der Waals surface area (Å²) >= 11 is 0. The van der Waals surface area contributed by atoms with E-state index in [-0.39, 0.29) is 12.9 Å². The van der Waals surface area contributed by atoms with Crippen molar-refractivity contribution in [3.05, 3.63) is 42.2 Å². The van der Waals surface area contributed by atoms with E-state index in [4.69, 9.17) is 4.98 Å². The number of amides is 1. The number of hydrogen-bond acceptors (Lipinski definition) is 6. The molecule has 3 heterocycles. The van der Waals surface area contributed by atoms with Gasteiger partial charge in [0.25, 0.3) is 5.91 Å². The Morgan fingerprint density at radius 3 is 2.37 bits per heavy atom. The summed E-state index contributed by atoms with van der Waals surface area (Å²) in [6.45, 7) is 8.85. The molecular weight excluding hydrogens is 438 g/mol. The topological polar surface area (TPSA) is 69.5 Å². The third kappa shape index (κ3) is 3.75. The molecule has 1 saturated heterocycles. The Kier molecular flexibility index (Phi) is 5.25. The predicted octanol–water partition coefficient (Wildman–Crippen LogP) is 4.16. The third-order valence-corrected chi connectivity index (χ3v) is 8.18. The van der Waals surface area contributed by atoms with Crippen LogP contribution < -0.4 is 10.2 Å². The van der Waals surface area contributed by atoms with Crippen molar-refractivity contribution in [3.63, 3.8) is 0 Å². The van der Waals surface area contributed by atoms with Crippen molar-refractivity contribution in [1.29, 1.82) is 0 Å². The van der Waals surface area contributed by atoms with Gasteiger partial charge in [0, 0.05) is 76.2 Å². The molecule has 7 rings (SSSR count). The second-order valence-corrected chi connectivity index (χ2v) is 11.0. The van der Waals surface area contributed by atoms with E-state index in [9.17, 15) is 4.79 Å². The molecule has 4 fully saturated rings. The number of aromatic nitrogens is 3. The first-order valence-corrected chi connectivity index (χ1v) is 12.8. The Balaban J connectivity index is 0.00000267. The van der Waals surface area contributed by atoms with E-state index in [0.29, 0.717) is 12.0 Å². The number of nitrogens with zero attached hydrogens (tertiary/aromatic N) is 6. The van der Waals surface area contributed by atoms with E-state index in [0.717, 1.165) is 73.8 Å². The minimum atomic E-state index is 0. The van der Waals surface area contributed by atoms with Crippen LogP contribution in [-0.4, -0.2) is 76.6 Å². The smallest absolute Gasteiger partial charge is 0.270 e. The molecule has 3 saturated carbocycles. The molecule has 1 N–H and O–H groups in total. The fourth-order valence-electron chi connectivity index (χ4n) is 6.00. The monoisotopic (exact) mass is 475 g/mol. The van der Waals surface area contributed by atoms with Crippen LogP contribution in [0.1, 0.15) is 45.0 Å². The molecule has 8 nitrogen and oxygen atoms in total. The number of rotatable bonds is 6. The fraction of sp³-hybridized carbons (Fsp3) is 0.519. The summed E-state index contributed by atoms with van der Waals surface area (Å²) in [6, 6.07) is 11.1. The van der Waals surface area contributed by atoms with Crippen molar-refractivity contribution >= 4 is 34.3 Å². The van der Waals surface area contributed by atoms with Crippen molar-refractivity contribution in [2.24, 2.45) is 5.92 Å². The Hall–Kier alpha value is -3.13. The third-order valence-electron chi connectivity index (χ3n) is 8.18. The summed E-state index contributed by atoms with van der Waals surface area (Å²) in [5.41, 5.74) is 3.84. The van der Waals surface area contributed by atoms with Gasteiger partial charge in [-0.25, -0.2) is 4.98 Å². The lowest BCUT2D eigenvalue weighted by atomic mass is 9.49. The first-order chi connectivity index (χ1) is 16.8. The average Bonchev–Trinajstić information content (AvgIpc) is 3.15. The van der Waals surface area contributed by atoms with Gasteiger partial charge in [-0.05, 0) is 69.4 Å². The Bertz CT molecular complexity index is 1240. The summed E-state index contributed by atoms with van der Waals surface area (Å²) in [7, 11) is 3.61. The van der Waals surface area contributed by atoms with E-state index in [2.05, 4.69) is 62.8 Å². The highest BCUT2D eigenvalue weighted by atomic mass is 16.2. The first kappa shape index (κ1) is 22.3. The zero-order valence-electron chi connectivity index (χ0n) is 21.2. The van der Waals surface area contributed by atoms with Crippen LogP contribution in [0.2, 0.25) is 0 Å². The quantitative estimate of drug-likeness (QED) is 0.577. The van der Waals surface area contributed by atoms with Gasteiger partial charge in [-0.3, -0.25) is 9.69 Å². The van der Waals surface area contributed by atoms with Gasteiger partial charge in [-0.2, -0.15) is 4.98 Å². The predicted molar refractivity (Wildman–Crippen MR) is 142 cm³/mol. The number of benzene rings is 1. The molecule has 35 heavy (non-hydrogen) atoms. The Morgan fingerprint density at radius 2 is 1.80 bits per heavy atom. The van der Waals surface area contributed by atoms with E-state index in [1.165, 1.54) is 5.69 Å². The summed E-state index contributed by atoms with van der Waals surface area (Å²) in [5.74, 6) is 1.39. The van der Waals surface area contributed by atoms with Gasteiger partial charge in [-0.15, -0.1) is 0 Å². The second kappa shape index (κ2) is 8.22. The molecule has 0 atom stereocenters. The molecule has 0 spiro atoms. The van der Waals surface area contributed by atoms with Crippen LogP contribution in [0.25, 0.3) is 11.0 Å². The number of hydrogen-bond donors (Lipinski definition) is 1. The molecule has 1 aromatic carbocycles. The summed E-state index contributed by atoms with van der Waals surface area (Å²) < 4.78 is 2.21. The molecule has 8 heteroatoms. The lowest BCUT2D eigenvalue weighted by Gasteiger charge is -2.62. The van der Waals surface area contributed by atoms with Crippen LogP contribution in [-0.2, 0) is 5.54 Å². The molecule has 1 aliphatic heterocycles. The van der Waals surface area contributed by atoms with E-state index < -0.39 is 0 Å². The van der Waals surface area contributed by atoms with Crippen molar-refractivity contribution in [2.75, 3.05) is 50.5 Å². The van der Waals surface area contributed by atoms with Crippen LogP contribution >= 0.6 is 0 Å². The fourth-order valence-corrected chi connectivity index (χ4v) is 6.00. The normalized spacial score (nSPS) is 23.8. The van der Waals surface area contributed by atoms with Crippen molar-refractivity contribution in [3.8, 4) is 0 Å². The molecule has 186 valence electrons. The highest BCUT2D eigenvalue weighted by Gasteiger charge is 2.59. The van der Waals surface area contributed by atoms with Gasteiger partial charge in [0.2, 0.25) is 5.95 Å². The summed E-state index contributed by atoms with van der Waals surface area (Å²) in [5, 5.41) is 4.30. The molecule has 0 radical (unpaired) electrons. The maximum atomic E-state index is 13.0. The number of anilines is 3. The minimum absolute atomic E-state index is 0. The standard InChI is InChI=1S/C27H35N7O.H2/c1-18(2)32-9-11-33(12-10-32)22-7-5-21(6-8-22)29-26-28-17-20-13-23(25(35)31(3)4)34(24(20)30-26)27-14-19(15-27)16-27;/h5-8,13,17-19H,9-12,14-16H2,1-4H3,(H,28,29,30);1H. The minimum Gasteiger partial charge on any atom is -0.369 e. The molecule has 3 aromatic rings. The second-order valence-electron chi connectivity index (χ2n) is 11.0. The number of fused-ring (bicyclic) bond motifs is 1. The van der Waals surface area contributed by atoms with Crippen LogP contribution in [0.4, 0.5) is 17.3 Å². The maximum Gasteiger partial charge on any atom is 0.270 e. The van der Waals surface area contributed by atoms with Crippen molar-refractivity contribution in [1.82, 2.24) is 24.3 Å². The molecule has 2 aromatic heterocycles. The lowest BCUT2D eigenvalue weighted by Crippen LogP contribution is -2.60. The van der Waals surface area contributed by atoms with Gasteiger partial charge < -0.3 is 19.7 Å². The zero-order valence-corrected chi connectivity index (χ0v) is 21.2. The van der Waals surface area contributed by atoms with Gasteiger partial charge >= 0.3 is 0 Å². The van der Waals surface area contributed by atoms with Crippen molar-refractivity contribution < 1.29 is 6.22 Å². The van der Waals surface area contributed by atoms with Crippen LogP contribution in [0.3, 0.4) is 0 Å². The molecular formula is C27H37N7O. The van der Waals surface area contributed by atoms with E-state index in [1.807, 2.05) is 12.3 Å². The van der Waals surface area contributed by atoms with E-state index >= 15 is 0 Å². The molecule has 1 amide bonds. The van der Waals surface area contributed by atoms with Gasteiger partial charge in [0.1, 0.15) is 11.3 Å². The molecule has 4 aliphatic rings. The average molecular weight is 476 g/mol. The summed E-state index contributed by atoms with van der Waals surface area (Å²) in [4.78, 5) is 29.0. The number of carbonyl (C=O) groups excluding carboxylic acids is 1. The van der Waals surface area contributed by atoms with Crippen molar-refractivity contribution in [2.45, 2.75) is 44.7 Å². The van der Waals surface area contributed by atoms with E-state index in [1.54, 1.807) is 19.0 Å². The number of nitrogens with one attached hydrogen (secondary N) is 1. The highest BCUT2D eigenvalue weighted by molar-refractivity contribution is 5.98. The SMILES string of the molecule is CC(C)N1CCN(c2ccc(Nc3ncc4cc(C(=O)N(C)C)n(C56CC(C5)C6)c4n3)cc2)CC1.[HH]. The highest BCUT2D eigenvalue weighted by Crippen LogP contribution is 2.63. The van der Waals surface area contributed by atoms with Gasteiger partial charge in [-0.1, -0.05) is 0 Å². The Morgan fingerprint density at radius 1 is 1.11 bits per heavy atom. The molecule has 2 bridgehead atoms. The van der Waals surface area contributed by atoms with Crippen LogP contribution in [0, 0.1) is 5.92 Å². The largest absolute Gasteiger partial charge is 0.369 e. The molecule has 3 aliphatic carbocycles. The number of carbonyl (C=O) groups is 1. The zero-order chi connectivity index (χ0) is 24.3. The lowest BCUT2D eigenvalue weighted by molar-refractivity contribution is -0.0870. The molecule has 0 unspecified atom stereocenters. The van der Waals surface area contributed by atoms with Gasteiger partial charge in [0.05, 0.1) is 0 Å². The maximum absolute atomic E-state index is 13.0. The first-order valence-electron chi connectivity index (χ1n) is 12.8. The Labute approximate surface area is 208 Å². The van der Waals surface area contributed by atoms with Crippen LogP contribution in [0.15, 0.2) is 36.5 Å².